The van der Waals surface area contributed by atoms with Crippen LogP contribution in [0.2, 0.25) is 0 Å². The van der Waals surface area contributed by atoms with Crippen LogP contribution in [0.5, 0.6) is 0 Å². The van der Waals surface area contributed by atoms with Gasteiger partial charge in [-0.1, -0.05) is 5.16 Å². The predicted octanol–water partition coefficient (Wildman–Crippen LogP) is 1.45. The molecule has 1 amide bonds. The van der Waals surface area contributed by atoms with Crippen LogP contribution in [-0.2, 0) is 14.4 Å². The number of carbonyl (C=O) groups is 2. The third-order valence-electron chi connectivity index (χ3n) is 2.20. The molecule has 0 radical (unpaired) electrons. The number of amides is 1. The van der Waals surface area contributed by atoms with Crippen LogP contribution in [0.4, 0.5) is 9.93 Å². The van der Waals surface area contributed by atoms with E-state index < -0.39 is 17.7 Å². The molecule has 23 heavy (non-hydrogen) atoms. The van der Waals surface area contributed by atoms with Gasteiger partial charge in [0.1, 0.15) is 17.9 Å². The average molecular weight is 344 g/mol. The SMILES string of the molecule is CC(C)(C)OC(=O)NCCCON=C(C(=O)O)c1csc(N)n1. The van der Waals surface area contributed by atoms with E-state index in [0.29, 0.717) is 13.0 Å². The van der Waals surface area contributed by atoms with Gasteiger partial charge in [0.15, 0.2) is 5.13 Å². The quantitative estimate of drug-likeness (QED) is 0.387. The number of nitrogens with zero attached hydrogens (tertiary/aromatic N) is 2. The Morgan fingerprint density at radius 1 is 1.48 bits per heavy atom. The van der Waals surface area contributed by atoms with Crippen molar-refractivity contribution in [2.24, 2.45) is 5.16 Å². The largest absolute Gasteiger partial charge is 0.476 e. The number of aliphatic carboxylic acids is 1. The molecule has 1 aromatic rings. The van der Waals surface area contributed by atoms with Crippen molar-refractivity contribution < 1.29 is 24.3 Å². The fourth-order valence-corrected chi connectivity index (χ4v) is 1.89. The lowest BCUT2D eigenvalue weighted by atomic mass is 10.2. The van der Waals surface area contributed by atoms with Gasteiger partial charge in [0.05, 0.1) is 0 Å². The second-order valence-electron chi connectivity index (χ2n) is 5.43. The topological polar surface area (TPSA) is 136 Å². The zero-order chi connectivity index (χ0) is 17.5. The van der Waals surface area contributed by atoms with Crippen LogP contribution in [-0.4, -0.2) is 46.6 Å². The first kappa shape index (κ1) is 18.7. The van der Waals surface area contributed by atoms with E-state index in [0.717, 1.165) is 11.3 Å². The minimum absolute atomic E-state index is 0.131. The molecule has 4 N–H and O–H groups in total. The summed E-state index contributed by atoms with van der Waals surface area (Å²) in [6.07, 6.45) is -0.0837. The van der Waals surface area contributed by atoms with Crippen LogP contribution in [0.3, 0.4) is 0 Å². The summed E-state index contributed by atoms with van der Waals surface area (Å²) in [6.45, 7) is 5.75. The zero-order valence-electron chi connectivity index (χ0n) is 13.2. The van der Waals surface area contributed by atoms with Crippen molar-refractivity contribution in [3.05, 3.63) is 11.1 Å². The third-order valence-corrected chi connectivity index (χ3v) is 2.88. The van der Waals surface area contributed by atoms with E-state index in [-0.39, 0.29) is 23.1 Å². The summed E-state index contributed by atoms with van der Waals surface area (Å²) in [5, 5.41) is 16.9. The Bertz CT molecular complexity index is 579. The van der Waals surface area contributed by atoms with Crippen LogP contribution in [0.15, 0.2) is 10.5 Å². The number of oxime groups is 1. The molecule has 0 atom stereocenters. The summed E-state index contributed by atoms with van der Waals surface area (Å²) < 4.78 is 5.06. The van der Waals surface area contributed by atoms with E-state index in [9.17, 15) is 9.59 Å². The second-order valence-corrected chi connectivity index (χ2v) is 6.32. The van der Waals surface area contributed by atoms with Gasteiger partial charge in [-0.15, -0.1) is 11.3 Å². The van der Waals surface area contributed by atoms with Crippen molar-refractivity contribution >= 4 is 34.2 Å². The summed E-state index contributed by atoms with van der Waals surface area (Å²) in [5.41, 5.74) is 4.71. The number of nitrogens with two attached hydrogens (primary N) is 1. The maximum atomic E-state index is 11.4. The Kier molecular flexibility index (Phi) is 6.76. The molecule has 0 saturated carbocycles. The Morgan fingerprint density at radius 2 is 2.17 bits per heavy atom. The lowest BCUT2D eigenvalue weighted by Gasteiger charge is -2.19. The van der Waals surface area contributed by atoms with Crippen molar-refractivity contribution in [2.45, 2.75) is 32.8 Å². The van der Waals surface area contributed by atoms with E-state index in [2.05, 4.69) is 15.5 Å². The molecule has 0 saturated heterocycles. The van der Waals surface area contributed by atoms with E-state index in [1.54, 1.807) is 20.8 Å². The number of nitrogen functional groups attached to an aromatic ring is 1. The maximum Gasteiger partial charge on any atom is 0.407 e. The molecule has 0 fully saturated rings. The molecule has 1 aromatic heterocycles. The first-order valence-electron chi connectivity index (χ1n) is 6.80. The number of aromatic nitrogens is 1. The molecular weight excluding hydrogens is 324 g/mol. The maximum absolute atomic E-state index is 11.4. The molecule has 0 aliphatic heterocycles. The number of alkyl carbamates (subject to hydrolysis) is 1. The minimum atomic E-state index is -1.26. The number of hydrogen-bond donors (Lipinski definition) is 3. The molecule has 0 bridgehead atoms. The van der Waals surface area contributed by atoms with E-state index in [1.165, 1.54) is 5.38 Å². The van der Waals surface area contributed by atoms with Gasteiger partial charge in [-0.3, -0.25) is 0 Å². The highest BCUT2D eigenvalue weighted by atomic mass is 32.1. The first-order chi connectivity index (χ1) is 10.7. The van der Waals surface area contributed by atoms with E-state index >= 15 is 0 Å². The number of rotatable bonds is 7. The molecule has 1 heterocycles. The van der Waals surface area contributed by atoms with Gasteiger partial charge in [-0.05, 0) is 20.8 Å². The summed E-state index contributed by atoms with van der Waals surface area (Å²) in [5.74, 6) is -1.26. The number of carboxylic acid groups (broad SMARTS) is 1. The molecule has 0 aliphatic rings. The standard InChI is InChI=1S/C13H20N4O5S/c1-13(2,3)22-12(20)15-5-4-6-21-17-9(10(18)19)8-7-23-11(14)16-8/h7H,4-6H2,1-3H3,(H2,14,16)(H,15,20)(H,18,19). The molecule has 128 valence electrons. The highest BCUT2D eigenvalue weighted by molar-refractivity contribution is 7.13. The number of ether oxygens (including phenoxy) is 1. The van der Waals surface area contributed by atoms with Crippen molar-refractivity contribution in [3.63, 3.8) is 0 Å². The lowest BCUT2D eigenvalue weighted by Crippen LogP contribution is -2.33. The first-order valence-corrected chi connectivity index (χ1v) is 7.68. The second kappa shape index (κ2) is 8.32. The molecule has 1 rings (SSSR count). The summed E-state index contributed by atoms with van der Waals surface area (Å²) in [6, 6.07) is 0. The van der Waals surface area contributed by atoms with E-state index in [4.69, 9.17) is 20.4 Å². The number of carbonyl (C=O) groups excluding carboxylic acids is 1. The van der Waals surface area contributed by atoms with Gasteiger partial charge in [-0.2, -0.15) is 0 Å². The molecule has 0 unspecified atom stereocenters. The van der Waals surface area contributed by atoms with Crippen LogP contribution >= 0.6 is 11.3 Å². The Morgan fingerprint density at radius 3 is 2.70 bits per heavy atom. The average Bonchev–Trinajstić information content (AvgIpc) is 2.81. The highest BCUT2D eigenvalue weighted by Gasteiger charge is 2.17. The number of hydrogen-bond acceptors (Lipinski definition) is 8. The molecule has 9 nitrogen and oxygen atoms in total. The summed E-state index contributed by atoms with van der Waals surface area (Å²) >= 11 is 1.11. The molecule has 0 spiro atoms. The van der Waals surface area contributed by atoms with Crippen LogP contribution < -0.4 is 11.1 Å². The number of nitrogens with one attached hydrogen (secondary N) is 1. The molecule has 0 aromatic carbocycles. The minimum Gasteiger partial charge on any atom is -0.476 e. The van der Waals surface area contributed by atoms with Crippen LogP contribution in [0, 0.1) is 0 Å². The Balaban J connectivity index is 2.34. The van der Waals surface area contributed by atoms with Gasteiger partial charge in [0, 0.05) is 18.3 Å². The number of anilines is 1. The molecular formula is C13H20N4O5S. The Labute approximate surface area is 137 Å². The molecule has 0 aliphatic carbocycles. The van der Waals surface area contributed by atoms with Crippen molar-refractivity contribution in [1.82, 2.24) is 10.3 Å². The predicted molar refractivity (Wildman–Crippen MR) is 85.5 cm³/mol. The highest BCUT2D eigenvalue weighted by Crippen LogP contribution is 2.12. The van der Waals surface area contributed by atoms with Crippen molar-refractivity contribution in [2.75, 3.05) is 18.9 Å². The zero-order valence-corrected chi connectivity index (χ0v) is 14.0. The summed E-state index contributed by atoms with van der Waals surface area (Å²) in [4.78, 5) is 31.2. The number of thiazole rings is 1. The van der Waals surface area contributed by atoms with Gasteiger partial charge in [0.25, 0.3) is 0 Å². The van der Waals surface area contributed by atoms with Gasteiger partial charge in [0.2, 0.25) is 5.71 Å². The monoisotopic (exact) mass is 344 g/mol. The van der Waals surface area contributed by atoms with Crippen LogP contribution in [0.1, 0.15) is 32.9 Å². The fourth-order valence-electron chi connectivity index (χ4n) is 1.34. The molecule has 10 heteroatoms. The van der Waals surface area contributed by atoms with Gasteiger partial charge in [-0.25, -0.2) is 14.6 Å². The van der Waals surface area contributed by atoms with Gasteiger partial charge >= 0.3 is 12.1 Å². The van der Waals surface area contributed by atoms with Crippen LogP contribution in [0.25, 0.3) is 0 Å². The normalized spacial score (nSPS) is 11.9. The summed E-state index contributed by atoms with van der Waals surface area (Å²) in [7, 11) is 0. The fraction of sp³-hybridized carbons (Fsp3) is 0.538. The lowest BCUT2D eigenvalue weighted by molar-refractivity contribution is -0.129. The number of carboxylic acids is 1. The Hall–Kier alpha value is -2.36. The smallest absolute Gasteiger partial charge is 0.407 e. The van der Waals surface area contributed by atoms with E-state index in [1.807, 2.05) is 0 Å². The van der Waals surface area contributed by atoms with Crippen molar-refractivity contribution in [1.29, 1.82) is 0 Å². The van der Waals surface area contributed by atoms with Gasteiger partial charge < -0.3 is 25.7 Å². The van der Waals surface area contributed by atoms with Crippen molar-refractivity contribution in [3.8, 4) is 0 Å². The third kappa shape index (κ3) is 7.45.